The molecule has 0 unspecified atom stereocenters. The maximum Gasteiger partial charge on any atom is 0.435 e. The van der Waals surface area contributed by atoms with Crippen LogP contribution in [0.3, 0.4) is 0 Å². The van der Waals surface area contributed by atoms with E-state index >= 15 is 4.39 Å². The van der Waals surface area contributed by atoms with Crippen molar-refractivity contribution >= 4 is 11.6 Å². The third-order valence-electron chi connectivity index (χ3n) is 5.85. The lowest BCUT2D eigenvalue weighted by atomic mass is 10.1. The van der Waals surface area contributed by atoms with Gasteiger partial charge in [0.05, 0.1) is 24.8 Å². The van der Waals surface area contributed by atoms with Crippen LogP contribution in [0.25, 0.3) is 11.4 Å². The SMILES string of the molecule is COc1ccc(-n2nc(C(F)(F)F)c3c2C(=O)N(c2ccc(-n4ccnc4)cc2F)CCC3)cc1. The summed E-state index contributed by atoms with van der Waals surface area (Å²) in [6.45, 7) is 0.0504. The lowest BCUT2D eigenvalue weighted by molar-refractivity contribution is -0.141. The Morgan fingerprint density at radius 1 is 1.06 bits per heavy atom. The number of carbonyl (C=O) groups is 1. The minimum atomic E-state index is -4.76. The second-order valence-electron chi connectivity index (χ2n) is 7.95. The van der Waals surface area contributed by atoms with Gasteiger partial charge in [-0.3, -0.25) is 4.79 Å². The first-order valence-electron chi connectivity index (χ1n) is 10.7. The van der Waals surface area contributed by atoms with Crippen LogP contribution >= 0.6 is 0 Å². The number of amides is 1. The largest absolute Gasteiger partial charge is 0.497 e. The van der Waals surface area contributed by atoms with Crippen molar-refractivity contribution in [2.45, 2.75) is 19.0 Å². The second-order valence-corrected chi connectivity index (χ2v) is 7.95. The van der Waals surface area contributed by atoms with Crippen molar-refractivity contribution in [2.24, 2.45) is 0 Å². The highest BCUT2D eigenvalue weighted by molar-refractivity contribution is 6.07. The normalized spacial score (nSPS) is 14.1. The van der Waals surface area contributed by atoms with E-state index in [0.29, 0.717) is 11.4 Å². The zero-order valence-electron chi connectivity index (χ0n) is 18.5. The van der Waals surface area contributed by atoms with Crippen LogP contribution in [0.1, 0.15) is 28.2 Å². The Labute approximate surface area is 197 Å². The van der Waals surface area contributed by atoms with E-state index in [-0.39, 0.29) is 42.0 Å². The van der Waals surface area contributed by atoms with Crippen LogP contribution in [0, 0.1) is 5.82 Å². The molecule has 2 aromatic heterocycles. The number of methoxy groups -OCH3 is 1. The summed E-state index contributed by atoms with van der Waals surface area (Å²) in [6, 6.07) is 10.4. The smallest absolute Gasteiger partial charge is 0.435 e. The molecule has 0 aliphatic carbocycles. The van der Waals surface area contributed by atoms with Crippen molar-refractivity contribution in [1.82, 2.24) is 19.3 Å². The van der Waals surface area contributed by atoms with Crippen molar-refractivity contribution < 1.29 is 27.1 Å². The molecule has 0 N–H and O–H groups in total. The molecule has 4 aromatic rings. The molecule has 0 spiro atoms. The number of anilines is 1. The lowest BCUT2D eigenvalue weighted by Crippen LogP contribution is -2.33. The average molecular weight is 485 g/mol. The molecule has 0 atom stereocenters. The number of nitrogens with zero attached hydrogens (tertiary/aromatic N) is 5. The van der Waals surface area contributed by atoms with Crippen LogP contribution in [-0.2, 0) is 12.6 Å². The molecule has 0 fully saturated rings. The van der Waals surface area contributed by atoms with Gasteiger partial charge in [-0.2, -0.15) is 18.3 Å². The number of hydrogen-bond acceptors (Lipinski definition) is 4. The van der Waals surface area contributed by atoms with Crippen molar-refractivity contribution in [3.05, 3.63) is 84.0 Å². The van der Waals surface area contributed by atoms with Crippen molar-refractivity contribution in [3.8, 4) is 17.1 Å². The number of halogens is 4. The van der Waals surface area contributed by atoms with Gasteiger partial charge in [-0.25, -0.2) is 14.1 Å². The molecule has 0 radical (unpaired) electrons. The van der Waals surface area contributed by atoms with Gasteiger partial charge in [0.15, 0.2) is 5.69 Å². The first kappa shape index (κ1) is 22.6. The number of ether oxygens (including phenoxy) is 1. The Bertz CT molecular complexity index is 1380. The highest BCUT2D eigenvalue weighted by Gasteiger charge is 2.42. The van der Waals surface area contributed by atoms with E-state index in [9.17, 15) is 18.0 Å². The van der Waals surface area contributed by atoms with Crippen LogP contribution < -0.4 is 9.64 Å². The maximum absolute atomic E-state index is 15.2. The van der Waals surface area contributed by atoms with Crippen LogP contribution in [0.2, 0.25) is 0 Å². The maximum atomic E-state index is 15.2. The first-order valence-corrected chi connectivity index (χ1v) is 10.7. The molecule has 3 heterocycles. The third kappa shape index (κ3) is 4.02. The number of carbonyl (C=O) groups excluding carboxylic acids is 1. The summed E-state index contributed by atoms with van der Waals surface area (Å²) < 4.78 is 64.4. The fourth-order valence-electron chi connectivity index (χ4n) is 4.21. The molecule has 180 valence electrons. The summed E-state index contributed by atoms with van der Waals surface area (Å²) in [4.78, 5) is 18.7. The molecule has 7 nitrogen and oxygen atoms in total. The molecule has 35 heavy (non-hydrogen) atoms. The first-order chi connectivity index (χ1) is 16.8. The molecule has 1 aliphatic heterocycles. The molecule has 0 saturated carbocycles. The van der Waals surface area contributed by atoms with E-state index in [1.165, 1.54) is 42.6 Å². The second kappa shape index (κ2) is 8.57. The van der Waals surface area contributed by atoms with Gasteiger partial charge >= 0.3 is 6.18 Å². The molecular formula is C24H19F4N5O2. The predicted molar refractivity (Wildman–Crippen MR) is 119 cm³/mol. The molecule has 11 heteroatoms. The van der Waals surface area contributed by atoms with E-state index < -0.39 is 23.6 Å². The van der Waals surface area contributed by atoms with E-state index in [0.717, 1.165) is 4.68 Å². The van der Waals surface area contributed by atoms with Crippen molar-refractivity contribution in [1.29, 1.82) is 0 Å². The summed E-state index contributed by atoms with van der Waals surface area (Å²) in [5, 5.41) is 3.78. The Balaban J connectivity index is 1.62. The van der Waals surface area contributed by atoms with Crippen molar-refractivity contribution in [3.63, 3.8) is 0 Å². The Morgan fingerprint density at radius 2 is 1.80 bits per heavy atom. The number of rotatable bonds is 4. The zero-order valence-corrected chi connectivity index (χ0v) is 18.5. The number of hydrogen-bond donors (Lipinski definition) is 0. The zero-order chi connectivity index (χ0) is 24.7. The van der Waals surface area contributed by atoms with E-state index in [4.69, 9.17) is 4.74 Å². The highest BCUT2D eigenvalue weighted by Crippen LogP contribution is 2.37. The molecule has 1 aliphatic rings. The van der Waals surface area contributed by atoms with E-state index in [1.54, 1.807) is 35.2 Å². The van der Waals surface area contributed by atoms with Gasteiger partial charge in [0.25, 0.3) is 5.91 Å². The Kier molecular flexibility index (Phi) is 5.54. The average Bonchev–Trinajstić information content (AvgIpc) is 3.47. The minimum Gasteiger partial charge on any atom is -0.497 e. The molecule has 5 rings (SSSR count). The predicted octanol–water partition coefficient (Wildman–Crippen LogP) is 4.82. The van der Waals surface area contributed by atoms with Crippen LogP contribution in [0.4, 0.5) is 23.2 Å². The summed E-state index contributed by atoms with van der Waals surface area (Å²) in [6.07, 6.45) is 0.114. The molecule has 0 bridgehead atoms. The number of aromatic nitrogens is 4. The molecule has 1 amide bonds. The molecular weight excluding hydrogens is 466 g/mol. The van der Waals surface area contributed by atoms with Crippen molar-refractivity contribution in [2.75, 3.05) is 18.6 Å². The summed E-state index contributed by atoms with van der Waals surface area (Å²) in [7, 11) is 1.46. The number of alkyl halides is 3. The Hall–Kier alpha value is -4.15. The summed E-state index contributed by atoms with van der Waals surface area (Å²) in [5.74, 6) is -0.943. The summed E-state index contributed by atoms with van der Waals surface area (Å²) in [5.41, 5.74) is -0.829. The van der Waals surface area contributed by atoms with Gasteiger partial charge in [0.2, 0.25) is 0 Å². The van der Waals surface area contributed by atoms with Gasteiger partial charge in [0.1, 0.15) is 17.3 Å². The minimum absolute atomic E-state index is 0.0252. The fourth-order valence-corrected chi connectivity index (χ4v) is 4.21. The lowest BCUT2D eigenvalue weighted by Gasteiger charge is -2.22. The standard InChI is InChI=1S/C24H19F4N5O2/c1-35-17-7-4-15(5-8-17)33-21-18(22(30-33)24(26,27)28)3-2-11-32(23(21)34)20-9-6-16(13-19(20)25)31-12-10-29-14-31/h4-10,12-14H,2-3,11H2,1H3. The number of fused-ring (bicyclic) bond motifs is 1. The van der Waals surface area contributed by atoms with E-state index in [2.05, 4.69) is 10.1 Å². The molecule has 0 saturated heterocycles. The highest BCUT2D eigenvalue weighted by atomic mass is 19.4. The van der Waals surface area contributed by atoms with Gasteiger partial charge in [0, 0.05) is 36.3 Å². The van der Waals surface area contributed by atoms with Gasteiger partial charge in [-0.05, 0) is 49.2 Å². The van der Waals surface area contributed by atoms with Crippen LogP contribution in [-0.4, -0.2) is 38.9 Å². The molecule has 2 aromatic carbocycles. The Morgan fingerprint density at radius 3 is 2.43 bits per heavy atom. The third-order valence-corrected chi connectivity index (χ3v) is 5.85. The monoisotopic (exact) mass is 485 g/mol. The van der Waals surface area contributed by atoms with Gasteiger partial charge in [-0.15, -0.1) is 0 Å². The number of imidazole rings is 1. The van der Waals surface area contributed by atoms with Gasteiger partial charge < -0.3 is 14.2 Å². The van der Waals surface area contributed by atoms with Gasteiger partial charge in [-0.1, -0.05) is 0 Å². The van der Waals surface area contributed by atoms with Crippen LogP contribution in [0.5, 0.6) is 5.75 Å². The van der Waals surface area contributed by atoms with E-state index in [1.807, 2.05) is 0 Å². The number of benzene rings is 2. The summed E-state index contributed by atoms with van der Waals surface area (Å²) >= 11 is 0. The topological polar surface area (TPSA) is 65.2 Å². The quantitative estimate of drug-likeness (QED) is 0.389. The van der Waals surface area contributed by atoms with Crippen LogP contribution in [0.15, 0.2) is 61.2 Å². The fraction of sp³-hybridized carbons (Fsp3) is 0.208.